The van der Waals surface area contributed by atoms with Crippen molar-refractivity contribution in [3.8, 4) is 11.5 Å². The maximum atomic E-state index is 11.2. The summed E-state index contributed by atoms with van der Waals surface area (Å²) in [5, 5.41) is 20.7. The molecule has 0 saturated heterocycles. The van der Waals surface area contributed by atoms with Gasteiger partial charge in [0, 0.05) is 6.07 Å². The first kappa shape index (κ1) is 15.0. The van der Waals surface area contributed by atoms with Crippen LogP contribution in [0.3, 0.4) is 0 Å². The molecule has 1 N–H and O–H groups in total. The summed E-state index contributed by atoms with van der Waals surface area (Å²) in [5.74, 6) is 0.722. The van der Waals surface area contributed by atoms with Crippen molar-refractivity contribution < 1.29 is 14.8 Å². The van der Waals surface area contributed by atoms with E-state index in [0.717, 1.165) is 12.0 Å². The molecule has 0 saturated carbocycles. The number of ether oxygens (including phenoxy) is 1. The van der Waals surface area contributed by atoms with E-state index in [2.05, 4.69) is 0 Å². The number of nitrogens with zero attached hydrogens (tertiary/aromatic N) is 1. The third-order valence-electron chi connectivity index (χ3n) is 3.20. The summed E-state index contributed by atoms with van der Waals surface area (Å²) in [6.07, 6.45) is 0.0986. The smallest absolute Gasteiger partial charge is 0.311 e. The summed E-state index contributed by atoms with van der Waals surface area (Å²) in [6, 6.07) is 11.9. The Morgan fingerprint density at radius 1 is 1.29 bits per heavy atom. The summed E-state index contributed by atoms with van der Waals surface area (Å²) >= 11 is 0. The number of nitro benzene ring substituents is 1. The van der Waals surface area contributed by atoms with Gasteiger partial charge in [0.2, 0.25) is 5.75 Å². The van der Waals surface area contributed by atoms with E-state index in [4.69, 9.17) is 4.74 Å². The van der Waals surface area contributed by atoms with Crippen molar-refractivity contribution >= 4 is 5.69 Å². The van der Waals surface area contributed by atoms with Crippen molar-refractivity contribution in [3.63, 3.8) is 0 Å². The van der Waals surface area contributed by atoms with E-state index in [1.807, 2.05) is 25.1 Å². The van der Waals surface area contributed by atoms with Crippen LogP contribution < -0.4 is 4.74 Å². The monoisotopic (exact) mass is 287 g/mol. The maximum Gasteiger partial charge on any atom is 0.311 e. The van der Waals surface area contributed by atoms with Crippen molar-refractivity contribution in [3.05, 3.63) is 63.7 Å². The molecule has 5 heteroatoms. The van der Waals surface area contributed by atoms with Crippen LogP contribution in [0.25, 0.3) is 0 Å². The fraction of sp³-hybridized carbons (Fsp3) is 0.250. The summed E-state index contributed by atoms with van der Waals surface area (Å²) in [5.41, 5.74) is 1.42. The maximum absolute atomic E-state index is 11.2. The van der Waals surface area contributed by atoms with E-state index in [-0.39, 0.29) is 11.4 Å². The lowest BCUT2D eigenvalue weighted by atomic mass is 10.1. The minimum Gasteiger partial charge on any atom is -0.450 e. The average Bonchev–Trinajstić information content (AvgIpc) is 2.47. The molecule has 2 rings (SSSR count). The summed E-state index contributed by atoms with van der Waals surface area (Å²) in [7, 11) is 0. The molecule has 2 aromatic rings. The fourth-order valence-corrected chi connectivity index (χ4v) is 1.98. The van der Waals surface area contributed by atoms with Crippen LogP contribution in [0.1, 0.15) is 31.1 Å². The van der Waals surface area contributed by atoms with Crippen molar-refractivity contribution in [2.75, 3.05) is 0 Å². The van der Waals surface area contributed by atoms with Gasteiger partial charge in [-0.1, -0.05) is 25.1 Å². The Balaban J connectivity index is 2.36. The Bertz CT molecular complexity index is 652. The molecule has 0 heterocycles. The number of hydrogen-bond donors (Lipinski definition) is 1. The molecule has 0 aliphatic rings. The summed E-state index contributed by atoms with van der Waals surface area (Å²) < 4.78 is 5.62. The SMILES string of the molecule is CCc1cccc(Oc2ccc(C(C)O)cc2[N+](=O)[O-])c1. The lowest BCUT2D eigenvalue weighted by Crippen LogP contribution is -1.97. The second kappa shape index (κ2) is 6.37. The Morgan fingerprint density at radius 2 is 2.05 bits per heavy atom. The van der Waals surface area contributed by atoms with Gasteiger partial charge in [-0.25, -0.2) is 0 Å². The van der Waals surface area contributed by atoms with Crippen LogP contribution in [-0.4, -0.2) is 10.0 Å². The first-order chi connectivity index (χ1) is 10.0. The highest BCUT2D eigenvalue weighted by Crippen LogP contribution is 2.33. The predicted octanol–water partition coefficient (Wildman–Crippen LogP) is 4.00. The largest absolute Gasteiger partial charge is 0.450 e. The van der Waals surface area contributed by atoms with Gasteiger partial charge >= 0.3 is 5.69 Å². The molecule has 0 aliphatic carbocycles. The number of rotatable bonds is 5. The zero-order valence-corrected chi connectivity index (χ0v) is 11.9. The third-order valence-corrected chi connectivity index (χ3v) is 3.20. The minimum absolute atomic E-state index is 0.157. The van der Waals surface area contributed by atoms with Crippen LogP contribution in [-0.2, 0) is 6.42 Å². The highest BCUT2D eigenvalue weighted by molar-refractivity contribution is 5.51. The third kappa shape index (κ3) is 3.58. The molecule has 0 aromatic heterocycles. The van der Waals surface area contributed by atoms with E-state index < -0.39 is 11.0 Å². The van der Waals surface area contributed by atoms with Gasteiger partial charge in [-0.15, -0.1) is 0 Å². The molecular weight excluding hydrogens is 270 g/mol. The van der Waals surface area contributed by atoms with Gasteiger partial charge < -0.3 is 9.84 Å². The quantitative estimate of drug-likeness (QED) is 0.666. The highest BCUT2D eigenvalue weighted by Gasteiger charge is 2.18. The summed E-state index contributed by atoms with van der Waals surface area (Å²) in [6.45, 7) is 3.59. The van der Waals surface area contributed by atoms with Gasteiger partial charge in [-0.2, -0.15) is 0 Å². The van der Waals surface area contributed by atoms with E-state index >= 15 is 0 Å². The highest BCUT2D eigenvalue weighted by atomic mass is 16.6. The molecule has 0 aliphatic heterocycles. The summed E-state index contributed by atoms with van der Waals surface area (Å²) in [4.78, 5) is 10.6. The van der Waals surface area contributed by atoms with Crippen molar-refractivity contribution in [2.45, 2.75) is 26.4 Å². The molecule has 0 bridgehead atoms. The molecule has 0 spiro atoms. The number of aryl methyl sites for hydroxylation is 1. The number of benzene rings is 2. The molecule has 1 atom stereocenters. The van der Waals surface area contributed by atoms with E-state index in [1.165, 1.54) is 12.1 Å². The first-order valence-electron chi connectivity index (χ1n) is 6.74. The van der Waals surface area contributed by atoms with Crippen molar-refractivity contribution in [1.29, 1.82) is 0 Å². The van der Waals surface area contributed by atoms with E-state index in [9.17, 15) is 15.2 Å². The van der Waals surface area contributed by atoms with Gasteiger partial charge in [0.05, 0.1) is 11.0 Å². The second-order valence-corrected chi connectivity index (χ2v) is 4.76. The molecule has 0 amide bonds. The molecule has 21 heavy (non-hydrogen) atoms. The van der Waals surface area contributed by atoms with Crippen LogP contribution in [0.15, 0.2) is 42.5 Å². The zero-order valence-electron chi connectivity index (χ0n) is 11.9. The zero-order chi connectivity index (χ0) is 15.4. The Morgan fingerprint density at radius 3 is 2.67 bits per heavy atom. The first-order valence-corrected chi connectivity index (χ1v) is 6.74. The molecule has 0 fully saturated rings. The topological polar surface area (TPSA) is 72.6 Å². The molecule has 110 valence electrons. The van der Waals surface area contributed by atoms with Crippen LogP contribution in [0.4, 0.5) is 5.69 Å². The Labute approximate surface area is 123 Å². The van der Waals surface area contributed by atoms with Crippen LogP contribution in [0, 0.1) is 10.1 Å². The predicted molar refractivity (Wildman–Crippen MR) is 79.6 cm³/mol. The van der Waals surface area contributed by atoms with Gasteiger partial charge in [0.1, 0.15) is 5.75 Å². The minimum atomic E-state index is -0.763. The normalized spacial score (nSPS) is 12.0. The fourth-order valence-electron chi connectivity index (χ4n) is 1.98. The van der Waals surface area contributed by atoms with Crippen molar-refractivity contribution in [1.82, 2.24) is 0 Å². The Kier molecular flexibility index (Phi) is 4.55. The van der Waals surface area contributed by atoms with Crippen LogP contribution >= 0.6 is 0 Å². The average molecular weight is 287 g/mol. The van der Waals surface area contributed by atoms with Gasteiger partial charge in [-0.3, -0.25) is 10.1 Å². The molecule has 1 unspecified atom stereocenters. The second-order valence-electron chi connectivity index (χ2n) is 4.76. The van der Waals surface area contributed by atoms with Gasteiger partial charge in [0.25, 0.3) is 0 Å². The Hall–Kier alpha value is -2.40. The number of aliphatic hydroxyl groups excluding tert-OH is 1. The van der Waals surface area contributed by atoms with Crippen LogP contribution in [0.5, 0.6) is 11.5 Å². The lowest BCUT2D eigenvalue weighted by Gasteiger charge is -2.10. The lowest BCUT2D eigenvalue weighted by molar-refractivity contribution is -0.385. The number of nitro groups is 1. The van der Waals surface area contributed by atoms with Crippen LogP contribution in [0.2, 0.25) is 0 Å². The number of aliphatic hydroxyl groups is 1. The van der Waals surface area contributed by atoms with E-state index in [0.29, 0.717) is 11.3 Å². The van der Waals surface area contributed by atoms with E-state index in [1.54, 1.807) is 19.1 Å². The molecular formula is C16H17NO4. The molecule has 2 aromatic carbocycles. The molecule has 5 nitrogen and oxygen atoms in total. The van der Waals surface area contributed by atoms with Gasteiger partial charge in [0.15, 0.2) is 0 Å². The van der Waals surface area contributed by atoms with Crippen molar-refractivity contribution in [2.24, 2.45) is 0 Å². The van der Waals surface area contributed by atoms with Gasteiger partial charge in [-0.05, 0) is 42.7 Å². The standard InChI is InChI=1S/C16H17NO4/c1-3-12-5-4-6-14(9-12)21-16-8-7-13(11(2)18)10-15(16)17(19)20/h4-11,18H,3H2,1-2H3. The molecule has 0 radical (unpaired) electrons. The number of hydrogen-bond acceptors (Lipinski definition) is 4.